The first-order valence-electron chi connectivity index (χ1n) is 11.9. The predicted molar refractivity (Wildman–Crippen MR) is 122 cm³/mol. The van der Waals surface area contributed by atoms with Gasteiger partial charge in [0.25, 0.3) is 0 Å². The molecule has 0 aliphatic heterocycles. The SMILES string of the molecule is CCCCCC1CCC(c2ccc(C(F)CCOc3ccc(OC)c(F)c3F)cc2)CC1. The zero-order valence-corrected chi connectivity index (χ0v) is 19.2. The van der Waals surface area contributed by atoms with E-state index in [4.69, 9.17) is 9.47 Å². The van der Waals surface area contributed by atoms with Crippen molar-refractivity contribution in [2.45, 2.75) is 76.8 Å². The van der Waals surface area contributed by atoms with Crippen molar-refractivity contribution >= 4 is 0 Å². The van der Waals surface area contributed by atoms with Gasteiger partial charge in [-0.15, -0.1) is 0 Å². The summed E-state index contributed by atoms with van der Waals surface area (Å²) in [6.07, 6.45) is 9.19. The van der Waals surface area contributed by atoms with Crippen LogP contribution in [0.4, 0.5) is 13.2 Å². The summed E-state index contributed by atoms with van der Waals surface area (Å²) >= 11 is 0. The highest BCUT2D eigenvalue weighted by Gasteiger charge is 2.22. The van der Waals surface area contributed by atoms with Crippen LogP contribution in [0.25, 0.3) is 0 Å². The molecule has 2 aromatic rings. The number of hydrogen-bond donors (Lipinski definition) is 0. The molecule has 1 aliphatic carbocycles. The van der Waals surface area contributed by atoms with Gasteiger partial charge in [-0.3, -0.25) is 0 Å². The third-order valence-electron chi connectivity index (χ3n) is 6.69. The lowest BCUT2D eigenvalue weighted by molar-refractivity contribution is 0.228. The fourth-order valence-corrected chi connectivity index (χ4v) is 4.67. The van der Waals surface area contributed by atoms with Gasteiger partial charge in [-0.25, -0.2) is 4.39 Å². The Hall–Kier alpha value is -2.17. The number of methoxy groups -OCH3 is 1. The highest BCUT2D eigenvalue weighted by Crippen LogP contribution is 2.38. The normalized spacial score (nSPS) is 19.5. The molecule has 0 heterocycles. The average Bonchev–Trinajstić information content (AvgIpc) is 2.82. The maximum atomic E-state index is 14.6. The maximum Gasteiger partial charge on any atom is 0.204 e. The maximum absolute atomic E-state index is 14.6. The Labute approximate surface area is 190 Å². The van der Waals surface area contributed by atoms with Gasteiger partial charge in [-0.05, 0) is 60.8 Å². The van der Waals surface area contributed by atoms with Gasteiger partial charge in [0.2, 0.25) is 11.6 Å². The van der Waals surface area contributed by atoms with Crippen molar-refractivity contribution in [2.24, 2.45) is 5.92 Å². The monoisotopic (exact) mass is 448 g/mol. The van der Waals surface area contributed by atoms with Crippen LogP contribution in [-0.2, 0) is 0 Å². The van der Waals surface area contributed by atoms with E-state index in [1.807, 2.05) is 24.3 Å². The Morgan fingerprint density at radius 2 is 1.56 bits per heavy atom. The molecule has 1 atom stereocenters. The molecule has 32 heavy (non-hydrogen) atoms. The minimum absolute atomic E-state index is 0.0480. The van der Waals surface area contributed by atoms with Crippen LogP contribution in [0.1, 0.15) is 87.9 Å². The lowest BCUT2D eigenvalue weighted by atomic mass is 9.77. The number of benzene rings is 2. The predicted octanol–water partition coefficient (Wildman–Crippen LogP) is 8.31. The van der Waals surface area contributed by atoms with Crippen molar-refractivity contribution in [1.82, 2.24) is 0 Å². The van der Waals surface area contributed by atoms with Crippen molar-refractivity contribution in [2.75, 3.05) is 13.7 Å². The molecule has 0 amide bonds. The molecule has 0 N–H and O–H groups in total. The summed E-state index contributed by atoms with van der Waals surface area (Å²) < 4.78 is 52.3. The number of hydrogen-bond acceptors (Lipinski definition) is 2. The minimum Gasteiger partial charge on any atom is -0.494 e. The second-order valence-corrected chi connectivity index (χ2v) is 8.88. The molecule has 5 heteroatoms. The molecule has 0 spiro atoms. The molecular weight excluding hydrogens is 413 g/mol. The van der Waals surface area contributed by atoms with Crippen LogP contribution in [0.15, 0.2) is 36.4 Å². The molecule has 176 valence electrons. The van der Waals surface area contributed by atoms with E-state index in [0.29, 0.717) is 11.5 Å². The first-order valence-corrected chi connectivity index (χ1v) is 11.9. The van der Waals surface area contributed by atoms with Crippen LogP contribution in [0, 0.1) is 17.6 Å². The zero-order chi connectivity index (χ0) is 22.9. The number of alkyl halides is 1. The number of ether oxygens (including phenoxy) is 2. The molecular formula is C27H35F3O2. The number of unbranched alkanes of at least 4 members (excludes halogenated alkanes) is 2. The molecule has 0 saturated heterocycles. The smallest absolute Gasteiger partial charge is 0.204 e. The minimum atomic E-state index is -1.22. The molecule has 2 aromatic carbocycles. The lowest BCUT2D eigenvalue weighted by Gasteiger charge is -2.29. The zero-order valence-electron chi connectivity index (χ0n) is 19.2. The van der Waals surface area contributed by atoms with Gasteiger partial charge >= 0.3 is 0 Å². The van der Waals surface area contributed by atoms with E-state index >= 15 is 0 Å². The summed E-state index contributed by atoms with van der Waals surface area (Å²) in [6.45, 7) is 2.20. The van der Waals surface area contributed by atoms with Crippen molar-refractivity contribution in [3.05, 3.63) is 59.2 Å². The second-order valence-electron chi connectivity index (χ2n) is 8.88. The van der Waals surface area contributed by atoms with Crippen molar-refractivity contribution in [3.63, 3.8) is 0 Å². The molecule has 0 radical (unpaired) electrons. The van der Waals surface area contributed by atoms with E-state index in [-0.39, 0.29) is 24.5 Å². The second kappa shape index (κ2) is 12.2. The fourth-order valence-electron chi connectivity index (χ4n) is 4.67. The molecule has 1 fully saturated rings. The van der Waals surface area contributed by atoms with E-state index in [1.165, 1.54) is 76.2 Å². The van der Waals surface area contributed by atoms with Gasteiger partial charge in [-0.1, -0.05) is 56.9 Å². The summed E-state index contributed by atoms with van der Waals surface area (Å²) in [7, 11) is 1.26. The molecule has 1 aliphatic rings. The van der Waals surface area contributed by atoms with E-state index in [9.17, 15) is 13.2 Å². The average molecular weight is 449 g/mol. The summed E-state index contributed by atoms with van der Waals surface area (Å²) in [5, 5.41) is 0. The largest absolute Gasteiger partial charge is 0.494 e. The van der Waals surface area contributed by atoms with Crippen LogP contribution in [0.5, 0.6) is 11.5 Å². The molecule has 3 rings (SSSR count). The molecule has 1 saturated carbocycles. The Bertz CT molecular complexity index is 830. The van der Waals surface area contributed by atoms with E-state index < -0.39 is 17.8 Å². The topological polar surface area (TPSA) is 18.5 Å². The van der Waals surface area contributed by atoms with Crippen molar-refractivity contribution < 1.29 is 22.6 Å². The molecule has 0 bridgehead atoms. The highest BCUT2D eigenvalue weighted by molar-refractivity contribution is 5.35. The third kappa shape index (κ3) is 6.43. The van der Waals surface area contributed by atoms with Crippen LogP contribution in [0.3, 0.4) is 0 Å². The third-order valence-corrected chi connectivity index (χ3v) is 6.69. The first kappa shape index (κ1) is 24.5. The van der Waals surface area contributed by atoms with Crippen LogP contribution in [-0.4, -0.2) is 13.7 Å². The van der Waals surface area contributed by atoms with Gasteiger partial charge in [-0.2, -0.15) is 8.78 Å². The molecule has 0 aromatic heterocycles. The Morgan fingerprint density at radius 1 is 0.906 bits per heavy atom. The number of halogens is 3. The summed E-state index contributed by atoms with van der Waals surface area (Å²) in [6, 6.07) is 10.4. The summed E-state index contributed by atoms with van der Waals surface area (Å²) in [4.78, 5) is 0. The van der Waals surface area contributed by atoms with Crippen LogP contribution < -0.4 is 9.47 Å². The van der Waals surface area contributed by atoms with Crippen LogP contribution in [0.2, 0.25) is 0 Å². The Morgan fingerprint density at radius 3 is 2.22 bits per heavy atom. The van der Waals surface area contributed by atoms with Gasteiger partial charge in [0.15, 0.2) is 11.5 Å². The van der Waals surface area contributed by atoms with E-state index in [1.54, 1.807) is 0 Å². The lowest BCUT2D eigenvalue weighted by Crippen LogP contribution is -2.13. The van der Waals surface area contributed by atoms with Crippen molar-refractivity contribution in [1.29, 1.82) is 0 Å². The van der Waals surface area contributed by atoms with E-state index in [0.717, 1.165) is 5.92 Å². The summed E-state index contributed by atoms with van der Waals surface area (Å²) in [5.41, 5.74) is 1.88. The molecule has 1 unspecified atom stereocenters. The standard InChI is InChI=1S/C27H35F3O2/c1-3-4-5-6-19-7-9-20(10-8-19)21-11-13-22(14-12-21)23(28)17-18-32-25-16-15-24(31-2)26(29)27(25)30/h11-16,19-20,23H,3-10,17-18H2,1-2H3. The quantitative estimate of drug-likeness (QED) is 0.322. The first-order chi connectivity index (χ1) is 15.5. The summed E-state index contributed by atoms with van der Waals surface area (Å²) in [5.74, 6) is -1.21. The highest BCUT2D eigenvalue weighted by atomic mass is 19.2. The van der Waals surface area contributed by atoms with Gasteiger partial charge < -0.3 is 9.47 Å². The van der Waals surface area contributed by atoms with Gasteiger partial charge in [0, 0.05) is 6.42 Å². The van der Waals surface area contributed by atoms with E-state index in [2.05, 4.69) is 6.92 Å². The van der Waals surface area contributed by atoms with Crippen molar-refractivity contribution in [3.8, 4) is 11.5 Å². The van der Waals surface area contributed by atoms with Gasteiger partial charge in [0.05, 0.1) is 13.7 Å². The fraction of sp³-hybridized carbons (Fsp3) is 0.556. The number of rotatable bonds is 11. The Balaban J connectivity index is 1.45. The molecule has 2 nitrogen and oxygen atoms in total. The Kier molecular flexibility index (Phi) is 9.31. The van der Waals surface area contributed by atoms with Crippen LogP contribution >= 0.6 is 0 Å². The van der Waals surface area contributed by atoms with Gasteiger partial charge in [0.1, 0.15) is 6.17 Å².